The molecule has 0 atom stereocenters. The number of nitrogens with zero attached hydrogens (tertiary/aromatic N) is 3. The van der Waals surface area contributed by atoms with E-state index in [9.17, 15) is 0 Å². The SMILES string of the molecule is Cl.OCc1ccccc1Cn1cnnc1. The third kappa shape index (κ3) is 2.78. The summed E-state index contributed by atoms with van der Waals surface area (Å²) in [6.07, 6.45) is 3.32. The lowest BCUT2D eigenvalue weighted by molar-refractivity contribution is 0.280. The highest BCUT2D eigenvalue weighted by Gasteiger charge is 2.00. The van der Waals surface area contributed by atoms with Gasteiger partial charge in [0, 0.05) is 0 Å². The van der Waals surface area contributed by atoms with Gasteiger partial charge in [0.2, 0.25) is 0 Å². The summed E-state index contributed by atoms with van der Waals surface area (Å²) in [6, 6.07) is 7.78. The van der Waals surface area contributed by atoms with Gasteiger partial charge in [0.25, 0.3) is 0 Å². The first-order valence-corrected chi connectivity index (χ1v) is 4.40. The minimum atomic E-state index is 0. The van der Waals surface area contributed by atoms with E-state index >= 15 is 0 Å². The van der Waals surface area contributed by atoms with Crippen molar-refractivity contribution >= 4 is 12.4 Å². The topological polar surface area (TPSA) is 50.9 Å². The summed E-state index contributed by atoms with van der Waals surface area (Å²) in [5.41, 5.74) is 2.04. The summed E-state index contributed by atoms with van der Waals surface area (Å²) < 4.78 is 1.87. The van der Waals surface area contributed by atoms with Crippen LogP contribution in [0.2, 0.25) is 0 Å². The predicted molar refractivity (Wildman–Crippen MR) is 58.7 cm³/mol. The van der Waals surface area contributed by atoms with Crippen LogP contribution in [0, 0.1) is 0 Å². The Balaban J connectivity index is 0.00000112. The van der Waals surface area contributed by atoms with Crippen molar-refractivity contribution in [2.75, 3.05) is 0 Å². The second-order valence-corrected chi connectivity index (χ2v) is 3.06. The number of benzene rings is 1. The highest BCUT2D eigenvalue weighted by molar-refractivity contribution is 5.85. The van der Waals surface area contributed by atoms with Crippen molar-refractivity contribution < 1.29 is 5.11 Å². The molecular formula is C10H12ClN3O. The van der Waals surface area contributed by atoms with E-state index in [-0.39, 0.29) is 19.0 Å². The molecule has 0 spiro atoms. The molecule has 2 aromatic rings. The number of halogens is 1. The zero-order chi connectivity index (χ0) is 9.80. The van der Waals surface area contributed by atoms with E-state index in [4.69, 9.17) is 5.11 Å². The largest absolute Gasteiger partial charge is 0.392 e. The van der Waals surface area contributed by atoms with Gasteiger partial charge in [0.15, 0.2) is 0 Å². The molecule has 0 fully saturated rings. The lowest BCUT2D eigenvalue weighted by atomic mass is 10.1. The van der Waals surface area contributed by atoms with Crippen LogP contribution in [0.1, 0.15) is 11.1 Å². The lowest BCUT2D eigenvalue weighted by Crippen LogP contribution is -2.00. The van der Waals surface area contributed by atoms with E-state index in [2.05, 4.69) is 10.2 Å². The zero-order valence-electron chi connectivity index (χ0n) is 8.08. The van der Waals surface area contributed by atoms with E-state index in [1.54, 1.807) is 12.7 Å². The Hall–Kier alpha value is -1.39. The third-order valence-electron chi connectivity index (χ3n) is 2.11. The number of hydrogen-bond donors (Lipinski definition) is 1. The average Bonchev–Trinajstić information content (AvgIpc) is 2.71. The van der Waals surface area contributed by atoms with Crippen molar-refractivity contribution in [3.63, 3.8) is 0 Å². The minimum absolute atomic E-state index is 0. The molecule has 1 heterocycles. The van der Waals surface area contributed by atoms with Gasteiger partial charge in [0.05, 0.1) is 13.2 Å². The highest BCUT2D eigenvalue weighted by Crippen LogP contribution is 2.09. The Morgan fingerprint density at radius 3 is 2.27 bits per heavy atom. The second kappa shape index (κ2) is 5.48. The fourth-order valence-electron chi connectivity index (χ4n) is 1.37. The summed E-state index contributed by atoms with van der Waals surface area (Å²) in [5.74, 6) is 0. The van der Waals surface area contributed by atoms with Crippen LogP contribution >= 0.6 is 12.4 Å². The predicted octanol–water partition coefficient (Wildman–Crippen LogP) is 1.24. The first-order chi connectivity index (χ1) is 6.90. The zero-order valence-corrected chi connectivity index (χ0v) is 8.89. The van der Waals surface area contributed by atoms with E-state index in [0.717, 1.165) is 11.1 Å². The van der Waals surface area contributed by atoms with Crippen LogP contribution in [0.4, 0.5) is 0 Å². The molecule has 1 aromatic heterocycles. The maximum atomic E-state index is 9.11. The minimum Gasteiger partial charge on any atom is -0.392 e. The molecule has 0 aliphatic heterocycles. The molecule has 0 saturated heterocycles. The summed E-state index contributed by atoms with van der Waals surface area (Å²) in [5, 5.41) is 16.6. The number of rotatable bonds is 3. The van der Waals surface area contributed by atoms with Crippen LogP contribution in [-0.4, -0.2) is 19.9 Å². The second-order valence-electron chi connectivity index (χ2n) is 3.06. The summed E-state index contributed by atoms with van der Waals surface area (Å²) >= 11 is 0. The third-order valence-corrected chi connectivity index (χ3v) is 2.11. The Morgan fingerprint density at radius 2 is 1.67 bits per heavy atom. The molecular weight excluding hydrogens is 214 g/mol. The van der Waals surface area contributed by atoms with Crippen molar-refractivity contribution in [1.29, 1.82) is 0 Å². The molecule has 4 nitrogen and oxygen atoms in total. The molecule has 0 aliphatic carbocycles. The smallest absolute Gasteiger partial charge is 0.119 e. The molecule has 5 heteroatoms. The van der Waals surface area contributed by atoms with Crippen LogP contribution in [-0.2, 0) is 13.2 Å². The van der Waals surface area contributed by atoms with Gasteiger partial charge in [-0.2, -0.15) is 0 Å². The Labute approximate surface area is 94.0 Å². The molecule has 2 rings (SSSR count). The molecule has 80 valence electrons. The molecule has 0 bridgehead atoms. The van der Waals surface area contributed by atoms with Crippen molar-refractivity contribution in [2.45, 2.75) is 13.2 Å². The van der Waals surface area contributed by atoms with Gasteiger partial charge >= 0.3 is 0 Å². The molecule has 0 saturated carbocycles. The number of hydrogen-bond acceptors (Lipinski definition) is 3. The quantitative estimate of drug-likeness (QED) is 0.855. The molecule has 0 radical (unpaired) electrons. The molecule has 1 N–H and O–H groups in total. The van der Waals surface area contributed by atoms with Crippen LogP contribution in [0.5, 0.6) is 0 Å². The van der Waals surface area contributed by atoms with E-state index in [1.807, 2.05) is 28.8 Å². The van der Waals surface area contributed by atoms with Gasteiger partial charge in [-0.05, 0) is 11.1 Å². The first kappa shape index (κ1) is 11.7. The summed E-state index contributed by atoms with van der Waals surface area (Å²) in [7, 11) is 0. The van der Waals surface area contributed by atoms with E-state index in [0.29, 0.717) is 6.54 Å². The Kier molecular flexibility index (Phi) is 4.27. The average molecular weight is 226 g/mol. The molecule has 0 aliphatic rings. The molecule has 0 unspecified atom stereocenters. The van der Waals surface area contributed by atoms with Gasteiger partial charge in [-0.3, -0.25) is 0 Å². The Bertz CT molecular complexity index is 403. The molecule has 15 heavy (non-hydrogen) atoms. The number of aliphatic hydroxyl groups is 1. The van der Waals surface area contributed by atoms with Crippen LogP contribution in [0.25, 0.3) is 0 Å². The Morgan fingerprint density at radius 1 is 1.07 bits per heavy atom. The molecule has 1 aromatic carbocycles. The van der Waals surface area contributed by atoms with Crippen molar-refractivity contribution in [1.82, 2.24) is 14.8 Å². The normalized spacial score (nSPS) is 9.67. The fraction of sp³-hybridized carbons (Fsp3) is 0.200. The monoisotopic (exact) mass is 225 g/mol. The maximum Gasteiger partial charge on any atom is 0.119 e. The van der Waals surface area contributed by atoms with Crippen LogP contribution in [0.3, 0.4) is 0 Å². The number of aliphatic hydroxyl groups excluding tert-OH is 1. The van der Waals surface area contributed by atoms with Gasteiger partial charge in [-0.15, -0.1) is 22.6 Å². The fourth-order valence-corrected chi connectivity index (χ4v) is 1.37. The maximum absolute atomic E-state index is 9.11. The highest BCUT2D eigenvalue weighted by atomic mass is 35.5. The van der Waals surface area contributed by atoms with Crippen LogP contribution < -0.4 is 0 Å². The van der Waals surface area contributed by atoms with Crippen LogP contribution in [0.15, 0.2) is 36.9 Å². The van der Waals surface area contributed by atoms with Crippen molar-refractivity contribution in [3.8, 4) is 0 Å². The van der Waals surface area contributed by atoms with Gasteiger partial charge in [-0.1, -0.05) is 24.3 Å². The summed E-state index contributed by atoms with van der Waals surface area (Å²) in [4.78, 5) is 0. The van der Waals surface area contributed by atoms with E-state index < -0.39 is 0 Å². The van der Waals surface area contributed by atoms with Gasteiger partial charge in [-0.25, -0.2) is 0 Å². The van der Waals surface area contributed by atoms with Gasteiger partial charge < -0.3 is 9.67 Å². The van der Waals surface area contributed by atoms with Crippen molar-refractivity contribution in [3.05, 3.63) is 48.0 Å². The van der Waals surface area contributed by atoms with E-state index in [1.165, 1.54) is 0 Å². The lowest BCUT2D eigenvalue weighted by Gasteiger charge is -2.06. The van der Waals surface area contributed by atoms with Crippen molar-refractivity contribution in [2.24, 2.45) is 0 Å². The summed E-state index contributed by atoms with van der Waals surface area (Å²) in [6.45, 7) is 0.766. The first-order valence-electron chi connectivity index (χ1n) is 4.40. The standard InChI is InChI=1S/C10H11N3O.ClH/c14-6-10-4-2-1-3-9(10)5-13-7-11-12-8-13;/h1-4,7-8,14H,5-6H2;1H. The number of aromatic nitrogens is 3. The van der Waals surface area contributed by atoms with Gasteiger partial charge in [0.1, 0.15) is 12.7 Å². The molecule has 0 amide bonds.